The van der Waals surface area contributed by atoms with Crippen LogP contribution < -0.4 is 15.8 Å². The fraction of sp³-hybridized carbons (Fsp3) is 0.600. The molecule has 1 aromatic rings. The van der Waals surface area contributed by atoms with Gasteiger partial charge in [0, 0.05) is 18.3 Å². The Morgan fingerprint density at radius 2 is 1.83 bits per heavy atom. The minimum absolute atomic E-state index is 0.348. The van der Waals surface area contributed by atoms with E-state index in [9.17, 15) is 0 Å². The molecular weight excluding hydrogens is 224 g/mol. The van der Waals surface area contributed by atoms with Crippen molar-refractivity contribution in [3.05, 3.63) is 23.8 Å². The van der Waals surface area contributed by atoms with Crippen LogP contribution in [-0.2, 0) is 6.54 Å². The van der Waals surface area contributed by atoms with Crippen LogP contribution in [0.25, 0.3) is 0 Å². The lowest BCUT2D eigenvalue weighted by Crippen LogP contribution is -2.22. The Morgan fingerprint density at radius 1 is 1.22 bits per heavy atom. The number of hydrogen-bond acceptors (Lipinski definition) is 3. The summed E-state index contributed by atoms with van der Waals surface area (Å²) in [6, 6.07) is 6.34. The summed E-state index contributed by atoms with van der Waals surface area (Å²) >= 11 is 0. The van der Waals surface area contributed by atoms with E-state index in [0.717, 1.165) is 23.5 Å². The molecule has 1 aliphatic rings. The molecule has 3 heteroatoms. The van der Waals surface area contributed by atoms with E-state index in [2.05, 4.69) is 33.0 Å². The predicted octanol–water partition coefficient (Wildman–Crippen LogP) is 2.80. The van der Waals surface area contributed by atoms with Crippen LogP contribution in [0.15, 0.2) is 18.2 Å². The Balaban J connectivity index is 2.04. The summed E-state index contributed by atoms with van der Waals surface area (Å²) < 4.78 is 5.23. The fourth-order valence-electron chi connectivity index (χ4n) is 2.78. The minimum Gasteiger partial charge on any atom is -0.497 e. The number of ether oxygens (including phenoxy) is 1. The van der Waals surface area contributed by atoms with Crippen molar-refractivity contribution in [2.75, 3.05) is 12.8 Å². The number of rotatable bonds is 4. The van der Waals surface area contributed by atoms with Crippen molar-refractivity contribution in [1.82, 2.24) is 5.32 Å². The standard InChI is InChI=1S/C15H24N2O/c1-14(2)13(15(14,3)4)17-9-10-8-11(18-5)6-7-12(10)16/h6-8,13,17H,9,16H2,1-5H3. The average molecular weight is 248 g/mol. The molecule has 0 saturated heterocycles. The number of nitrogens with two attached hydrogens (primary N) is 1. The van der Waals surface area contributed by atoms with Gasteiger partial charge in [-0.25, -0.2) is 0 Å². The first-order chi connectivity index (χ1) is 8.30. The number of methoxy groups -OCH3 is 1. The van der Waals surface area contributed by atoms with Crippen LogP contribution in [0.5, 0.6) is 5.75 Å². The zero-order valence-electron chi connectivity index (χ0n) is 12.0. The molecule has 3 N–H and O–H groups in total. The molecule has 0 aromatic heterocycles. The van der Waals surface area contributed by atoms with Gasteiger partial charge in [0.1, 0.15) is 5.75 Å². The van der Waals surface area contributed by atoms with Crippen LogP contribution in [0.4, 0.5) is 5.69 Å². The summed E-state index contributed by atoms with van der Waals surface area (Å²) in [4.78, 5) is 0. The average Bonchev–Trinajstić information content (AvgIpc) is 2.69. The molecule has 0 bridgehead atoms. The molecular formula is C15H24N2O. The van der Waals surface area contributed by atoms with E-state index in [-0.39, 0.29) is 0 Å². The zero-order chi connectivity index (χ0) is 13.6. The molecule has 18 heavy (non-hydrogen) atoms. The summed E-state index contributed by atoms with van der Waals surface area (Å²) in [5.74, 6) is 0.857. The predicted molar refractivity (Wildman–Crippen MR) is 75.6 cm³/mol. The minimum atomic E-state index is 0.348. The van der Waals surface area contributed by atoms with Crippen molar-refractivity contribution in [1.29, 1.82) is 0 Å². The number of nitrogens with one attached hydrogen (secondary N) is 1. The zero-order valence-corrected chi connectivity index (χ0v) is 12.0. The van der Waals surface area contributed by atoms with E-state index in [0.29, 0.717) is 16.9 Å². The molecule has 0 unspecified atom stereocenters. The largest absolute Gasteiger partial charge is 0.497 e. The van der Waals surface area contributed by atoms with Gasteiger partial charge in [0.05, 0.1) is 7.11 Å². The summed E-state index contributed by atoms with van der Waals surface area (Å²) in [6.07, 6.45) is 0. The van der Waals surface area contributed by atoms with E-state index in [1.807, 2.05) is 18.2 Å². The van der Waals surface area contributed by atoms with Gasteiger partial charge in [-0.05, 0) is 34.6 Å². The summed E-state index contributed by atoms with van der Waals surface area (Å²) in [5, 5.41) is 3.61. The Labute approximate surface area is 110 Å². The number of anilines is 1. The van der Waals surface area contributed by atoms with Crippen molar-refractivity contribution in [2.45, 2.75) is 40.3 Å². The Morgan fingerprint density at radius 3 is 2.33 bits per heavy atom. The van der Waals surface area contributed by atoms with E-state index in [1.54, 1.807) is 7.11 Å². The van der Waals surface area contributed by atoms with Gasteiger partial charge < -0.3 is 15.8 Å². The van der Waals surface area contributed by atoms with Gasteiger partial charge in [-0.2, -0.15) is 0 Å². The summed E-state index contributed by atoms with van der Waals surface area (Å²) in [7, 11) is 1.68. The number of benzene rings is 1. The van der Waals surface area contributed by atoms with E-state index < -0.39 is 0 Å². The summed E-state index contributed by atoms with van der Waals surface area (Å²) in [6.45, 7) is 10.0. The van der Waals surface area contributed by atoms with Crippen LogP contribution in [0.1, 0.15) is 33.3 Å². The van der Waals surface area contributed by atoms with Crippen molar-refractivity contribution >= 4 is 5.69 Å². The van der Waals surface area contributed by atoms with Crippen molar-refractivity contribution in [2.24, 2.45) is 10.8 Å². The van der Waals surface area contributed by atoms with Crippen LogP contribution in [0, 0.1) is 10.8 Å². The maximum atomic E-state index is 5.99. The molecule has 0 aliphatic heterocycles. The highest BCUT2D eigenvalue weighted by Crippen LogP contribution is 2.62. The van der Waals surface area contributed by atoms with Gasteiger partial charge in [0.25, 0.3) is 0 Å². The lowest BCUT2D eigenvalue weighted by atomic mass is 10.0. The Bertz CT molecular complexity index is 438. The highest BCUT2D eigenvalue weighted by Gasteiger charge is 2.64. The van der Waals surface area contributed by atoms with Crippen LogP contribution in [0.2, 0.25) is 0 Å². The number of hydrogen-bond donors (Lipinski definition) is 2. The van der Waals surface area contributed by atoms with E-state index in [1.165, 1.54) is 0 Å². The molecule has 2 rings (SSSR count). The summed E-state index contributed by atoms with van der Waals surface area (Å²) in [5.41, 5.74) is 8.61. The maximum Gasteiger partial charge on any atom is 0.119 e. The molecule has 100 valence electrons. The van der Waals surface area contributed by atoms with E-state index in [4.69, 9.17) is 10.5 Å². The lowest BCUT2D eigenvalue weighted by Gasteiger charge is -2.10. The maximum absolute atomic E-state index is 5.99. The first-order valence-corrected chi connectivity index (χ1v) is 6.46. The molecule has 1 saturated carbocycles. The van der Waals surface area contributed by atoms with Crippen molar-refractivity contribution in [3.63, 3.8) is 0 Å². The second kappa shape index (κ2) is 4.16. The van der Waals surface area contributed by atoms with Gasteiger partial charge in [0.2, 0.25) is 0 Å². The van der Waals surface area contributed by atoms with Crippen LogP contribution in [-0.4, -0.2) is 13.2 Å². The monoisotopic (exact) mass is 248 g/mol. The highest BCUT2D eigenvalue weighted by atomic mass is 16.5. The molecule has 1 aromatic carbocycles. The van der Waals surface area contributed by atoms with E-state index >= 15 is 0 Å². The van der Waals surface area contributed by atoms with Gasteiger partial charge in [0.15, 0.2) is 0 Å². The highest BCUT2D eigenvalue weighted by molar-refractivity contribution is 5.50. The van der Waals surface area contributed by atoms with Gasteiger partial charge >= 0.3 is 0 Å². The first kappa shape index (κ1) is 13.2. The molecule has 0 heterocycles. The van der Waals surface area contributed by atoms with Crippen molar-refractivity contribution in [3.8, 4) is 5.75 Å². The smallest absolute Gasteiger partial charge is 0.119 e. The Hall–Kier alpha value is -1.22. The quantitative estimate of drug-likeness (QED) is 0.805. The molecule has 3 nitrogen and oxygen atoms in total. The first-order valence-electron chi connectivity index (χ1n) is 6.46. The molecule has 0 radical (unpaired) electrons. The molecule has 0 amide bonds. The third-order valence-electron chi connectivity index (χ3n) is 4.87. The van der Waals surface area contributed by atoms with Crippen molar-refractivity contribution < 1.29 is 4.74 Å². The SMILES string of the molecule is COc1ccc(N)c(CNC2C(C)(C)C2(C)C)c1. The van der Waals surface area contributed by atoms with Crippen LogP contribution in [0.3, 0.4) is 0 Å². The lowest BCUT2D eigenvalue weighted by molar-refractivity contribution is 0.414. The second-order valence-electron chi connectivity index (χ2n) is 6.32. The fourth-order valence-corrected chi connectivity index (χ4v) is 2.78. The Kier molecular flexibility index (Phi) is 3.06. The molecule has 1 aliphatic carbocycles. The third-order valence-corrected chi connectivity index (χ3v) is 4.87. The van der Waals surface area contributed by atoms with Gasteiger partial charge in [-0.3, -0.25) is 0 Å². The van der Waals surface area contributed by atoms with Crippen LogP contribution >= 0.6 is 0 Å². The number of nitrogen functional groups attached to an aromatic ring is 1. The normalized spacial score (nSPS) is 20.7. The molecule has 0 spiro atoms. The van der Waals surface area contributed by atoms with Gasteiger partial charge in [-0.15, -0.1) is 0 Å². The second-order valence-corrected chi connectivity index (χ2v) is 6.32. The topological polar surface area (TPSA) is 47.3 Å². The van der Waals surface area contributed by atoms with Gasteiger partial charge in [-0.1, -0.05) is 27.7 Å². The molecule has 0 atom stereocenters. The molecule has 1 fully saturated rings. The third kappa shape index (κ3) is 1.97.